The molecule has 0 bridgehead atoms. The number of hydrogen-bond acceptors (Lipinski definition) is 7. The number of anilines is 1. The summed E-state index contributed by atoms with van der Waals surface area (Å²) in [5.41, 5.74) is 7.58. The van der Waals surface area contributed by atoms with Crippen LogP contribution in [0.5, 0.6) is 5.75 Å². The van der Waals surface area contributed by atoms with Crippen LogP contribution in [0.25, 0.3) is 0 Å². The SMILES string of the molecule is COC(=O)CCCCC1(c2ccc(OC)cc2NC(=O)[C@@H](C)N)SCCCS1. The fourth-order valence-electron chi connectivity index (χ4n) is 3.07. The Kier molecular flexibility index (Phi) is 8.98. The van der Waals surface area contributed by atoms with Crippen LogP contribution in [0.4, 0.5) is 5.69 Å². The number of nitrogens with one attached hydrogen (secondary N) is 1. The topological polar surface area (TPSA) is 90.6 Å². The van der Waals surface area contributed by atoms with Crippen LogP contribution in [-0.4, -0.2) is 43.6 Å². The molecule has 6 nitrogen and oxygen atoms in total. The van der Waals surface area contributed by atoms with E-state index in [4.69, 9.17) is 15.2 Å². The summed E-state index contributed by atoms with van der Waals surface area (Å²) in [7, 11) is 3.03. The van der Waals surface area contributed by atoms with E-state index in [2.05, 4.69) is 5.32 Å². The summed E-state index contributed by atoms with van der Waals surface area (Å²) in [5, 5.41) is 2.98. The minimum Gasteiger partial charge on any atom is -0.497 e. The number of esters is 1. The summed E-state index contributed by atoms with van der Waals surface area (Å²) in [6.45, 7) is 1.67. The Morgan fingerprint density at radius 3 is 2.57 bits per heavy atom. The Morgan fingerprint density at radius 2 is 1.96 bits per heavy atom. The van der Waals surface area contributed by atoms with Gasteiger partial charge >= 0.3 is 5.97 Å². The third kappa shape index (κ3) is 6.06. The molecule has 0 unspecified atom stereocenters. The molecule has 28 heavy (non-hydrogen) atoms. The largest absolute Gasteiger partial charge is 0.497 e. The Bertz CT molecular complexity index is 676. The number of carbonyl (C=O) groups is 2. The number of methoxy groups -OCH3 is 2. The van der Waals surface area contributed by atoms with E-state index in [1.165, 1.54) is 7.11 Å². The molecule has 8 heteroatoms. The van der Waals surface area contributed by atoms with Gasteiger partial charge in [0.1, 0.15) is 5.75 Å². The van der Waals surface area contributed by atoms with Crippen molar-refractivity contribution in [1.82, 2.24) is 0 Å². The molecule has 2 rings (SSSR count). The Hall–Kier alpha value is -1.38. The Balaban J connectivity index is 2.28. The number of unbranched alkanes of at least 4 members (excludes halogenated alkanes) is 1. The van der Waals surface area contributed by atoms with Crippen molar-refractivity contribution in [3.05, 3.63) is 23.8 Å². The first kappa shape index (κ1) is 22.9. The van der Waals surface area contributed by atoms with Gasteiger partial charge in [0.2, 0.25) is 5.91 Å². The first-order valence-corrected chi connectivity index (χ1v) is 11.5. The van der Waals surface area contributed by atoms with Gasteiger partial charge < -0.3 is 20.5 Å². The predicted octanol–water partition coefficient (Wildman–Crippen LogP) is 3.74. The van der Waals surface area contributed by atoms with Crippen LogP contribution in [-0.2, 0) is 18.4 Å². The number of ether oxygens (including phenoxy) is 2. The molecule has 3 N–H and O–H groups in total. The molecular weight excluding hydrogens is 396 g/mol. The minimum atomic E-state index is -0.596. The second-order valence-electron chi connectivity index (χ2n) is 6.78. The zero-order valence-corrected chi connectivity index (χ0v) is 18.4. The molecule has 1 fully saturated rings. The first-order valence-electron chi connectivity index (χ1n) is 9.51. The van der Waals surface area contributed by atoms with Crippen LogP contribution in [0, 0.1) is 0 Å². The molecule has 1 saturated heterocycles. The molecule has 1 aromatic rings. The molecule has 0 spiro atoms. The van der Waals surface area contributed by atoms with E-state index in [0.717, 1.165) is 48.4 Å². The highest BCUT2D eigenvalue weighted by Gasteiger charge is 2.37. The lowest BCUT2D eigenvalue weighted by molar-refractivity contribution is -0.140. The van der Waals surface area contributed by atoms with Gasteiger partial charge in [-0.15, -0.1) is 23.5 Å². The third-order valence-corrected chi connectivity index (χ3v) is 8.11. The van der Waals surface area contributed by atoms with Gasteiger partial charge in [0.25, 0.3) is 0 Å². The molecule has 156 valence electrons. The molecule has 1 amide bonds. The molecule has 0 radical (unpaired) electrons. The zero-order chi connectivity index (χ0) is 20.6. The van der Waals surface area contributed by atoms with Crippen LogP contribution >= 0.6 is 23.5 Å². The van der Waals surface area contributed by atoms with Crippen LogP contribution in [0.3, 0.4) is 0 Å². The van der Waals surface area contributed by atoms with E-state index in [-0.39, 0.29) is 16.0 Å². The third-order valence-electron chi connectivity index (χ3n) is 4.63. The van der Waals surface area contributed by atoms with Gasteiger partial charge in [-0.2, -0.15) is 0 Å². The smallest absolute Gasteiger partial charge is 0.305 e. The van der Waals surface area contributed by atoms with Crippen molar-refractivity contribution < 1.29 is 19.1 Å². The lowest BCUT2D eigenvalue weighted by Gasteiger charge is -2.38. The van der Waals surface area contributed by atoms with Gasteiger partial charge in [-0.3, -0.25) is 9.59 Å². The molecular formula is C20H30N2O4S2. The number of nitrogens with two attached hydrogens (primary N) is 1. The van der Waals surface area contributed by atoms with Crippen molar-refractivity contribution in [2.75, 3.05) is 31.0 Å². The standard InChI is InChI=1S/C20H30N2O4S2/c1-14(21)19(24)22-17-13-15(25-2)8-9-16(17)20(27-11-6-12-28-20)10-5-4-7-18(23)26-3/h8-9,13-14H,4-7,10-12,21H2,1-3H3,(H,22,24)/t14-/m1/s1. The van der Waals surface area contributed by atoms with Gasteiger partial charge in [0.05, 0.1) is 24.3 Å². The van der Waals surface area contributed by atoms with Crippen LogP contribution < -0.4 is 15.8 Å². The van der Waals surface area contributed by atoms with Gasteiger partial charge in [-0.05, 0) is 43.8 Å². The van der Waals surface area contributed by atoms with E-state index < -0.39 is 6.04 Å². The van der Waals surface area contributed by atoms with Crippen molar-refractivity contribution in [3.63, 3.8) is 0 Å². The maximum Gasteiger partial charge on any atom is 0.305 e. The summed E-state index contributed by atoms with van der Waals surface area (Å²) >= 11 is 3.83. The second-order valence-corrected chi connectivity index (χ2v) is 9.82. The number of rotatable bonds is 9. The summed E-state index contributed by atoms with van der Waals surface area (Å²) in [6.07, 6.45) is 4.19. The Labute approximate surface area is 175 Å². The molecule has 1 heterocycles. The first-order chi connectivity index (χ1) is 13.4. The molecule has 0 aromatic heterocycles. The van der Waals surface area contributed by atoms with Crippen molar-refractivity contribution in [3.8, 4) is 5.75 Å². The molecule has 0 saturated carbocycles. The van der Waals surface area contributed by atoms with Gasteiger partial charge in [-0.25, -0.2) is 0 Å². The van der Waals surface area contributed by atoms with E-state index in [1.807, 2.05) is 41.7 Å². The lowest BCUT2D eigenvalue weighted by Crippen LogP contribution is -2.34. The van der Waals surface area contributed by atoms with Crippen molar-refractivity contribution >= 4 is 41.1 Å². The van der Waals surface area contributed by atoms with E-state index in [0.29, 0.717) is 12.2 Å². The maximum atomic E-state index is 12.3. The fourth-order valence-corrected chi connectivity index (χ4v) is 6.57. The summed E-state index contributed by atoms with van der Waals surface area (Å²) in [6, 6.07) is 5.24. The average Bonchev–Trinajstić information content (AvgIpc) is 2.71. The summed E-state index contributed by atoms with van der Waals surface area (Å²) in [5.74, 6) is 2.43. The van der Waals surface area contributed by atoms with Crippen molar-refractivity contribution in [2.45, 2.75) is 49.1 Å². The zero-order valence-electron chi connectivity index (χ0n) is 16.8. The molecule has 1 aromatic carbocycles. The van der Waals surface area contributed by atoms with Gasteiger partial charge in [-0.1, -0.05) is 12.5 Å². The Morgan fingerprint density at radius 1 is 1.25 bits per heavy atom. The molecule has 1 aliphatic heterocycles. The second kappa shape index (κ2) is 11.0. The molecule has 0 aliphatic carbocycles. The van der Waals surface area contributed by atoms with E-state index in [9.17, 15) is 9.59 Å². The van der Waals surface area contributed by atoms with Crippen LogP contribution in [0.1, 0.15) is 44.6 Å². The molecule has 1 atom stereocenters. The maximum absolute atomic E-state index is 12.3. The van der Waals surface area contributed by atoms with Gasteiger partial charge in [0.15, 0.2) is 0 Å². The quantitative estimate of drug-likeness (QED) is 0.459. The van der Waals surface area contributed by atoms with Crippen LogP contribution in [0.15, 0.2) is 18.2 Å². The molecule has 1 aliphatic rings. The fraction of sp³-hybridized carbons (Fsp3) is 0.600. The number of amides is 1. The van der Waals surface area contributed by atoms with Crippen molar-refractivity contribution in [2.24, 2.45) is 5.73 Å². The number of thioether (sulfide) groups is 2. The van der Waals surface area contributed by atoms with Crippen LogP contribution in [0.2, 0.25) is 0 Å². The summed E-state index contributed by atoms with van der Waals surface area (Å²) < 4.78 is 9.94. The lowest BCUT2D eigenvalue weighted by atomic mass is 10.0. The number of benzene rings is 1. The average molecular weight is 427 g/mol. The normalized spacial score (nSPS) is 16.9. The number of carbonyl (C=O) groups excluding carboxylic acids is 2. The highest BCUT2D eigenvalue weighted by molar-refractivity contribution is 8.18. The highest BCUT2D eigenvalue weighted by atomic mass is 32.2. The van der Waals surface area contributed by atoms with E-state index in [1.54, 1.807) is 14.0 Å². The van der Waals surface area contributed by atoms with Gasteiger partial charge in [0, 0.05) is 23.7 Å². The summed E-state index contributed by atoms with van der Waals surface area (Å²) in [4.78, 5) is 23.7. The van der Waals surface area contributed by atoms with Crippen molar-refractivity contribution in [1.29, 1.82) is 0 Å². The predicted molar refractivity (Wildman–Crippen MR) is 117 cm³/mol. The minimum absolute atomic E-state index is 0.166. The highest BCUT2D eigenvalue weighted by Crippen LogP contribution is 2.55. The van der Waals surface area contributed by atoms with E-state index >= 15 is 0 Å². The number of hydrogen-bond donors (Lipinski definition) is 2. The monoisotopic (exact) mass is 426 g/mol.